The molecule has 1 heterocycles. The molecule has 7 heteroatoms. The minimum absolute atomic E-state index is 0.140. The van der Waals surface area contributed by atoms with Crippen LogP contribution in [0.25, 0.3) is 0 Å². The number of H-pyrrole nitrogens is 1. The number of hydrogen-bond acceptors (Lipinski definition) is 5. The summed E-state index contributed by atoms with van der Waals surface area (Å²) in [6.45, 7) is 1.90. The largest absolute Gasteiger partial charge is 0.507 e. The molecule has 130 valence electrons. The molecule has 0 unspecified atom stereocenters. The summed E-state index contributed by atoms with van der Waals surface area (Å²) in [5, 5.41) is 29.5. The van der Waals surface area contributed by atoms with Gasteiger partial charge in [-0.25, -0.2) is 4.99 Å². The monoisotopic (exact) mass is 457 g/mol. The molecule has 0 aliphatic rings. The second-order valence-corrected chi connectivity index (χ2v) is 6.45. The summed E-state index contributed by atoms with van der Waals surface area (Å²) in [5.41, 5.74) is 3.87. The first kappa shape index (κ1) is 17.9. The maximum Gasteiger partial charge on any atom is 0.172 e. The molecule has 0 radical (unpaired) electrons. The first-order valence-corrected chi connectivity index (χ1v) is 9.37. The molecule has 0 bridgehead atoms. The van der Waals surface area contributed by atoms with Crippen LogP contribution in [0.5, 0.6) is 5.75 Å². The number of benzene rings is 2. The third-order valence-electron chi connectivity index (χ3n) is 3.72. The van der Waals surface area contributed by atoms with Gasteiger partial charge in [0.2, 0.25) is 0 Å². The van der Waals surface area contributed by atoms with Crippen molar-refractivity contribution in [1.29, 1.82) is 5.26 Å². The van der Waals surface area contributed by atoms with Crippen molar-refractivity contribution in [3.8, 4) is 11.8 Å². The first-order chi connectivity index (χ1) is 12.6. The lowest BCUT2D eigenvalue weighted by molar-refractivity contribution is 0.474. The molecule has 3 aromatic rings. The van der Waals surface area contributed by atoms with Crippen LogP contribution in [0, 0.1) is 18.3 Å². The van der Waals surface area contributed by atoms with E-state index in [2.05, 4.69) is 49.2 Å². The number of nitrogens with zero attached hydrogens (tertiary/aromatic N) is 3. The maximum absolute atomic E-state index is 9.95. The third kappa shape index (κ3) is 4.03. The van der Waals surface area contributed by atoms with Crippen molar-refractivity contribution in [2.45, 2.75) is 11.4 Å². The summed E-state index contributed by atoms with van der Waals surface area (Å²) >= 11 is 2.30. The van der Waals surface area contributed by atoms with E-state index < -0.39 is 0 Å². The van der Waals surface area contributed by atoms with Gasteiger partial charge in [-0.05, 0) is 42.3 Å². The van der Waals surface area contributed by atoms with Crippen LogP contribution in [0.1, 0.15) is 22.3 Å². The van der Waals surface area contributed by atoms with Gasteiger partial charge in [-0.2, -0.15) is 10.4 Å². The quantitative estimate of drug-likeness (QED) is 0.293. The molecule has 1 aromatic heterocycles. The average Bonchev–Trinajstić information content (AvgIpc) is 3.02. The van der Waals surface area contributed by atoms with Crippen LogP contribution in [0.4, 0.5) is 17.3 Å². The van der Waals surface area contributed by atoms with Crippen LogP contribution in [-0.4, -0.2) is 21.5 Å². The second-order valence-electron chi connectivity index (χ2n) is 5.69. The fourth-order valence-electron chi connectivity index (χ4n) is 2.39. The van der Waals surface area contributed by atoms with Gasteiger partial charge in [0, 0.05) is 21.9 Å². The van der Waals surface area contributed by atoms with Gasteiger partial charge in [0.15, 0.2) is 11.6 Å². The Labute approximate surface area is 164 Å². The minimum atomic E-state index is 0.140. The summed E-state index contributed by atoms with van der Waals surface area (Å²) in [7, 11) is 0. The Balaban J connectivity index is 1.86. The number of alkyl halides is 1. The molecule has 0 spiro atoms. The SMILES string of the molecule is Cc1ccc(/C=N/c2[nH]nc(Nc3cccc(CI)c3)c2C#N)c(O)c1. The molecular formula is C19H16IN5O. The molecule has 0 atom stereocenters. The number of aromatic nitrogens is 2. The van der Waals surface area contributed by atoms with E-state index in [1.807, 2.05) is 37.3 Å². The Morgan fingerprint density at radius 2 is 2.19 bits per heavy atom. The molecule has 0 fully saturated rings. The van der Waals surface area contributed by atoms with Crippen molar-refractivity contribution < 1.29 is 5.11 Å². The highest BCUT2D eigenvalue weighted by molar-refractivity contribution is 14.1. The number of aliphatic imine (C=N–C) groups is 1. The highest BCUT2D eigenvalue weighted by Gasteiger charge is 2.12. The Bertz CT molecular complexity index is 1000. The van der Waals surface area contributed by atoms with Gasteiger partial charge in [0.05, 0.1) is 0 Å². The topological polar surface area (TPSA) is 97.1 Å². The summed E-state index contributed by atoms with van der Waals surface area (Å²) in [5.74, 6) is 0.888. The zero-order valence-corrected chi connectivity index (χ0v) is 16.2. The van der Waals surface area contributed by atoms with Crippen molar-refractivity contribution in [3.05, 3.63) is 64.7 Å². The van der Waals surface area contributed by atoms with E-state index in [0.717, 1.165) is 15.7 Å². The van der Waals surface area contributed by atoms with Crippen molar-refractivity contribution in [3.63, 3.8) is 0 Å². The summed E-state index contributed by atoms with van der Waals surface area (Å²) in [6.07, 6.45) is 1.50. The lowest BCUT2D eigenvalue weighted by Crippen LogP contribution is -1.93. The molecule has 6 nitrogen and oxygen atoms in total. The number of aromatic amines is 1. The molecule has 26 heavy (non-hydrogen) atoms. The number of hydrogen-bond donors (Lipinski definition) is 3. The molecule has 0 saturated carbocycles. The van der Waals surface area contributed by atoms with Crippen LogP contribution < -0.4 is 5.32 Å². The normalized spacial score (nSPS) is 10.8. The highest BCUT2D eigenvalue weighted by atomic mass is 127. The Morgan fingerprint density at radius 1 is 1.35 bits per heavy atom. The van der Waals surface area contributed by atoms with Gasteiger partial charge >= 0.3 is 0 Å². The molecule has 2 aromatic carbocycles. The van der Waals surface area contributed by atoms with Crippen molar-refractivity contribution in [1.82, 2.24) is 10.2 Å². The van der Waals surface area contributed by atoms with E-state index >= 15 is 0 Å². The highest BCUT2D eigenvalue weighted by Crippen LogP contribution is 2.27. The van der Waals surface area contributed by atoms with Gasteiger partial charge in [-0.15, -0.1) is 0 Å². The summed E-state index contributed by atoms with van der Waals surface area (Å²) in [4.78, 5) is 4.27. The van der Waals surface area contributed by atoms with E-state index in [0.29, 0.717) is 22.8 Å². The van der Waals surface area contributed by atoms with Crippen LogP contribution in [0.2, 0.25) is 0 Å². The Morgan fingerprint density at radius 3 is 2.92 bits per heavy atom. The van der Waals surface area contributed by atoms with Crippen molar-refractivity contribution in [2.75, 3.05) is 5.32 Å². The smallest absolute Gasteiger partial charge is 0.172 e. The molecule has 0 saturated heterocycles. The third-order valence-corrected chi connectivity index (χ3v) is 4.60. The molecule has 3 N–H and O–H groups in total. The van der Waals surface area contributed by atoms with Gasteiger partial charge in [0.1, 0.15) is 17.4 Å². The predicted molar refractivity (Wildman–Crippen MR) is 111 cm³/mol. The molecule has 0 aliphatic carbocycles. The van der Waals surface area contributed by atoms with Crippen molar-refractivity contribution >= 4 is 46.1 Å². The number of nitriles is 1. The van der Waals surface area contributed by atoms with E-state index in [1.165, 1.54) is 11.8 Å². The van der Waals surface area contributed by atoms with Gasteiger partial charge in [-0.1, -0.05) is 40.8 Å². The maximum atomic E-state index is 9.95. The summed E-state index contributed by atoms with van der Waals surface area (Å²) in [6, 6.07) is 15.3. The van der Waals surface area contributed by atoms with Crippen LogP contribution >= 0.6 is 22.6 Å². The average molecular weight is 457 g/mol. The minimum Gasteiger partial charge on any atom is -0.507 e. The molecule has 3 rings (SSSR count). The standard InChI is InChI=1S/C19H16IN5O/c1-12-5-6-14(17(26)7-12)11-22-18-16(10-21)19(25-24-18)23-15-4-2-3-13(8-15)9-20/h2-8,11,26H,9H2,1H3,(H2,23,24,25)/b22-11+. The van der Waals surface area contributed by atoms with Crippen LogP contribution in [-0.2, 0) is 4.43 Å². The lowest BCUT2D eigenvalue weighted by Gasteiger charge is -2.04. The van der Waals surface area contributed by atoms with E-state index in [-0.39, 0.29) is 5.75 Å². The number of rotatable bonds is 5. The Hall–Kier alpha value is -2.86. The fraction of sp³-hybridized carbons (Fsp3) is 0.105. The van der Waals surface area contributed by atoms with Crippen LogP contribution in [0.3, 0.4) is 0 Å². The van der Waals surface area contributed by atoms with E-state index in [1.54, 1.807) is 12.1 Å². The van der Waals surface area contributed by atoms with Crippen LogP contribution in [0.15, 0.2) is 47.5 Å². The van der Waals surface area contributed by atoms with Gasteiger partial charge < -0.3 is 10.4 Å². The summed E-state index contributed by atoms with van der Waals surface area (Å²) < 4.78 is 0.897. The van der Waals surface area contributed by atoms with Crippen molar-refractivity contribution in [2.24, 2.45) is 4.99 Å². The number of anilines is 2. The first-order valence-electron chi connectivity index (χ1n) is 7.85. The van der Waals surface area contributed by atoms with Gasteiger partial charge in [0.25, 0.3) is 0 Å². The lowest BCUT2D eigenvalue weighted by atomic mass is 10.1. The van der Waals surface area contributed by atoms with E-state index in [9.17, 15) is 10.4 Å². The molecule has 0 aliphatic heterocycles. The predicted octanol–water partition coefficient (Wildman–Crippen LogP) is 4.72. The molecular weight excluding hydrogens is 441 g/mol. The number of aryl methyl sites for hydroxylation is 1. The fourth-order valence-corrected chi connectivity index (χ4v) is 2.86. The number of nitrogens with one attached hydrogen (secondary N) is 2. The van der Waals surface area contributed by atoms with E-state index in [4.69, 9.17) is 0 Å². The molecule has 0 amide bonds. The zero-order chi connectivity index (χ0) is 18.5. The number of halogens is 1. The number of aromatic hydroxyl groups is 1. The number of phenols is 1. The Kier molecular flexibility index (Phi) is 5.53. The zero-order valence-electron chi connectivity index (χ0n) is 14.0. The van der Waals surface area contributed by atoms with Gasteiger partial charge in [-0.3, -0.25) is 5.10 Å². The second kappa shape index (κ2) is 8.01. The number of phenolic OH excluding ortho intramolecular Hbond substituents is 1.